The minimum atomic E-state index is -1.04. The number of aromatic carboxylic acids is 1. The number of carboxylic acids is 1. The van der Waals surface area contributed by atoms with E-state index >= 15 is 0 Å². The number of halogens is 2. The molecular formula is C14H10F2O3. The van der Waals surface area contributed by atoms with Crippen molar-refractivity contribution in [1.82, 2.24) is 0 Å². The molecule has 2 rings (SSSR count). The summed E-state index contributed by atoms with van der Waals surface area (Å²) in [5, 5.41) is 8.83. The van der Waals surface area contributed by atoms with E-state index in [9.17, 15) is 13.6 Å². The highest BCUT2D eigenvalue weighted by molar-refractivity contribution is 5.87. The zero-order valence-electron chi connectivity index (χ0n) is 9.77. The van der Waals surface area contributed by atoms with Crippen LogP contribution in [-0.4, -0.2) is 11.1 Å². The summed E-state index contributed by atoms with van der Waals surface area (Å²) in [6, 6.07) is 9.01. The molecule has 3 nitrogen and oxygen atoms in total. The molecule has 0 amide bonds. The fourth-order valence-corrected chi connectivity index (χ4v) is 1.57. The van der Waals surface area contributed by atoms with Crippen molar-refractivity contribution in [3.8, 4) is 5.75 Å². The zero-order valence-corrected chi connectivity index (χ0v) is 9.77. The molecule has 0 aliphatic rings. The van der Waals surface area contributed by atoms with Crippen LogP contribution < -0.4 is 4.74 Å². The monoisotopic (exact) mass is 264 g/mol. The largest absolute Gasteiger partial charge is 0.489 e. The number of hydrogen-bond donors (Lipinski definition) is 1. The summed E-state index contributed by atoms with van der Waals surface area (Å²) in [5.74, 6) is -2.44. The summed E-state index contributed by atoms with van der Waals surface area (Å²) in [6.07, 6.45) is 0. The van der Waals surface area contributed by atoms with Crippen molar-refractivity contribution in [1.29, 1.82) is 0 Å². The number of hydrogen-bond acceptors (Lipinski definition) is 2. The van der Waals surface area contributed by atoms with Gasteiger partial charge in [0.05, 0.1) is 5.56 Å². The first-order chi connectivity index (χ1) is 9.04. The van der Waals surface area contributed by atoms with Gasteiger partial charge in [0, 0.05) is 18.2 Å². The number of rotatable bonds is 4. The Kier molecular flexibility index (Phi) is 3.75. The van der Waals surface area contributed by atoms with E-state index in [1.807, 2.05) is 0 Å². The van der Waals surface area contributed by atoms with E-state index in [2.05, 4.69) is 0 Å². The maximum atomic E-state index is 12.9. The van der Waals surface area contributed by atoms with Gasteiger partial charge in [0.2, 0.25) is 0 Å². The lowest BCUT2D eigenvalue weighted by atomic mass is 10.1. The number of carbonyl (C=O) groups is 1. The van der Waals surface area contributed by atoms with E-state index in [1.54, 1.807) is 12.1 Å². The second kappa shape index (κ2) is 5.48. The van der Waals surface area contributed by atoms with Gasteiger partial charge in [-0.3, -0.25) is 0 Å². The molecule has 2 aromatic carbocycles. The van der Waals surface area contributed by atoms with Crippen LogP contribution in [0.5, 0.6) is 5.75 Å². The molecule has 19 heavy (non-hydrogen) atoms. The van der Waals surface area contributed by atoms with Crippen molar-refractivity contribution in [3.05, 3.63) is 65.2 Å². The highest BCUT2D eigenvalue weighted by Crippen LogP contribution is 2.17. The van der Waals surface area contributed by atoms with E-state index < -0.39 is 17.6 Å². The van der Waals surface area contributed by atoms with Gasteiger partial charge >= 0.3 is 5.97 Å². The second-order valence-corrected chi connectivity index (χ2v) is 3.90. The van der Waals surface area contributed by atoms with E-state index in [4.69, 9.17) is 9.84 Å². The Hall–Kier alpha value is -2.43. The van der Waals surface area contributed by atoms with E-state index in [0.29, 0.717) is 5.56 Å². The van der Waals surface area contributed by atoms with Gasteiger partial charge in [-0.2, -0.15) is 0 Å². The lowest BCUT2D eigenvalue weighted by molar-refractivity contribution is 0.0696. The van der Waals surface area contributed by atoms with Crippen molar-refractivity contribution in [2.75, 3.05) is 0 Å². The Morgan fingerprint density at radius 1 is 1.11 bits per heavy atom. The molecule has 0 bridgehead atoms. The fraction of sp³-hybridized carbons (Fsp3) is 0.0714. The normalized spacial score (nSPS) is 10.2. The molecule has 0 fully saturated rings. The standard InChI is InChI=1S/C14H10F2O3/c15-11-5-12(16)7-13(6-11)19-8-9-2-1-3-10(4-9)14(17)18/h1-7H,8H2,(H,17,18). The van der Waals surface area contributed by atoms with Gasteiger partial charge in [0.15, 0.2) is 0 Å². The van der Waals surface area contributed by atoms with Crippen molar-refractivity contribution in [3.63, 3.8) is 0 Å². The predicted molar refractivity (Wildman–Crippen MR) is 64.1 cm³/mol. The van der Waals surface area contributed by atoms with Crippen LogP contribution in [0.1, 0.15) is 15.9 Å². The van der Waals surface area contributed by atoms with Gasteiger partial charge in [-0.05, 0) is 17.7 Å². The molecule has 1 N–H and O–H groups in total. The Balaban J connectivity index is 2.10. The van der Waals surface area contributed by atoms with Gasteiger partial charge in [0.1, 0.15) is 24.0 Å². The lowest BCUT2D eigenvalue weighted by Gasteiger charge is -2.07. The van der Waals surface area contributed by atoms with E-state index in [-0.39, 0.29) is 17.9 Å². The molecule has 0 saturated carbocycles. The van der Waals surface area contributed by atoms with Crippen molar-refractivity contribution in [2.45, 2.75) is 6.61 Å². The first-order valence-corrected chi connectivity index (χ1v) is 5.46. The van der Waals surface area contributed by atoms with E-state index in [1.165, 1.54) is 12.1 Å². The highest BCUT2D eigenvalue weighted by atomic mass is 19.1. The van der Waals surface area contributed by atoms with Gasteiger partial charge in [-0.1, -0.05) is 12.1 Å². The summed E-state index contributed by atoms with van der Waals surface area (Å²) in [6.45, 7) is 0.0318. The Bertz CT molecular complexity index is 591. The molecule has 0 aliphatic carbocycles. The molecule has 0 unspecified atom stereocenters. The maximum absolute atomic E-state index is 12.9. The third kappa shape index (κ3) is 3.51. The first-order valence-electron chi connectivity index (χ1n) is 5.46. The molecule has 98 valence electrons. The molecular weight excluding hydrogens is 254 g/mol. The van der Waals surface area contributed by atoms with Gasteiger partial charge in [-0.25, -0.2) is 13.6 Å². The van der Waals surface area contributed by atoms with Gasteiger partial charge < -0.3 is 9.84 Å². The fourth-order valence-electron chi connectivity index (χ4n) is 1.57. The van der Waals surface area contributed by atoms with Crippen LogP contribution in [0.2, 0.25) is 0 Å². The quantitative estimate of drug-likeness (QED) is 0.922. The molecule has 0 spiro atoms. The molecule has 2 aromatic rings. The third-order valence-corrected chi connectivity index (χ3v) is 2.42. The van der Waals surface area contributed by atoms with Gasteiger partial charge in [-0.15, -0.1) is 0 Å². The average Bonchev–Trinajstić information content (AvgIpc) is 2.35. The van der Waals surface area contributed by atoms with Crippen LogP contribution in [0.4, 0.5) is 8.78 Å². The minimum Gasteiger partial charge on any atom is -0.489 e. The molecule has 0 heterocycles. The highest BCUT2D eigenvalue weighted by Gasteiger charge is 2.05. The summed E-state index contributed by atoms with van der Waals surface area (Å²) < 4.78 is 31.1. The molecule has 5 heteroatoms. The summed E-state index contributed by atoms with van der Waals surface area (Å²) in [7, 11) is 0. The van der Waals surface area contributed by atoms with Crippen molar-refractivity contribution >= 4 is 5.97 Å². The minimum absolute atomic E-state index is 0.0318. The topological polar surface area (TPSA) is 46.5 Å². The molecule has 0 saturated heterocycles. The van der Waals surface area contributed by atoms with Crippen LogP contribution in [-0.2, 0) is 6.61 Å². The van der Waals surface area contributed by atoms with Crippen LogP contribution >= 0.6 is 0 Å². The van der Waals surface area contributed by atoms with Crippen molar-refractivity contribution < 1.29 is 23.4 Å². The summed E-state index contributed by atoms with van der Waals surface area (Å²) in [4.78, 5) is 10.8. The Morgan fingerprint density at radius 2 is 1.79 bits per heavy atom. The average molecular weight is 264 g/mol. The van der Waals surface area contributed by atoms with Crippen molar-refractivity contribution in [2.24, 2.45) is 0 Å². The lowest BCUT2D eigenvalue weighted by Crippen LogP contribution is -2.00. The zero-order chi connectivity index (χ0) is 13.8. The Morgan fingerprint density at radius 3 is 2.42 bits per heavy atom. The SMILES string of the molecule is O=C(O)c1cccc(COc2cc(F)cc(F)c2)c1. The Labute approximate surface area is 108 Å². The van der Waals surface area contributed by atoms with Gasteiger partial charge in [0.25, 0.3) is 0 Å². The van der Waals surface area contributed by atoms with Crippen LogP contribution in [0.25, 0.3) is 0 Å². The van der Waals surface area contributed by atoms with Crippen LogP contribution in [0.3, 0.4) is 0 Å². The first kappa shape index (κ1) is 13.0. The second-order valence-electron chi connectivity index (χ2n) is 3.90. The van der Waals surface area contributed by atoms with Crippen LogP contribution in [0, 0.1) is 11.6 Å². The molecule has 0 atom stereocenters. The number of ether oxygens (including phenoxy) is 1. The van der Waals surface area contributed by atoms with Crippen LogP contribution in [0.15, 0.2) is 42.5 Å². The number of benzene rings is 2. The summed E-state index contributed by atoms with van der Waals surface area (Å²) >= 11 is 0. The van der Waals surface area contributed by atoms with E-state index in [0.717, 1.165) is 18.2 Å². The summed E-state index contributed by atoms with van der Waals surface area (Å²) in [5.41, 5.74) is 0.732. The molecule has 0 radical (unpaired) electrons. The molecule has 0 aromatic heterocycles. The molecule has 0 aliphatic heterocycles. The predicted octanol–water partition coefficient (Wildman–Crippen LogP) is 3.24. The third-order valence-electron chi connectivity index (χ3n) is 2.42. The maximum Gasteiger partial charge on any atom is 0.335 e. The number of carboxylic acid groups (broad SMARTS) is 1. The smallest absolute Gasteiger partial charge is 0.335 e.